The van der Waals surface area contributed by atoms with Crippen LogP contribution >= 0.6 is 0 Å². The maximum absolute atomic E-state index is 12.3. The van der Waals surface area contributed by atoms with Crippen molar-refractivity contribution in [3.8, 4) is 11.1 Å². The molecule has 3 rings (SSSR count). The smallest absolute Gasteiger partial charge is 0.193 e. The molecule has 130 valence electrons. The molecule has 0 bridgehead atoms. The van der Waals surface area contributed by atoms with Crippen LogP contribution in [0.2, 0.25) is 0 Å². The number of hydroxylamine groups is 3. The number of aromatic nitrogens is 1. The molecule has 0 N–H and O–H groups in total. The molecule has 0 atom stereocenters. The van der Waals surface area contributed by atoms with Crippen LogP contribution in [0.25, 0.3) is 21.9 Å². The topological polar surface area (TPSA) is 70.1 Å². The molecule has 0 aliphatic carbocycles. The van der Waals surface area contributed by atoms with Gasteiger partial charge < -0.3 is 9.85 Å². The Bertz CT molecular complexity index is 1020. The molecule has 0 unspecified atom stereocenters. The fourth-order valence-corrected chi connectivity index (χ4v) is 3.82. The SMILES string of the molecule is C[N+](C)([O-])Cc1nc(S(C)(=O)=O)c2ccccc2c1-c1ccccc1. The molecule has 3 aromatic rings. The number of pyridine rings is 1. The highest BCUT2D eigenvalue weighted by molar-refractivity contribution is 7.90. The lowest BCUT2D eigenvalue weighted by Gasteiger charge is -2.34. The Labute approximate surface area is 147 Å². The highest BCUT2D eigenvalue weighted by atomic mass is 32.2. The van der Waals surface area contributed by atoms with Crippen molar-refractivity contribution in [2.75, 3.05) is 20.4 Å². The van der Waals surface area contributed by atoms with Crippen LogP contribution in [-0.4, -0.2) is 38.4 Å². The summed E-state index contributed by atoms with van der Waals surface area (Å²) in [4.78, 5) is 4.43. The average molecular weight is 356 g/mol. The first-order chi connectivity index (χ1) is 11.7. The summed E-state index contributed by atoms with van der Waals surface area (Å²) in [6, 6.07) is 16.9. The van der Waals surface area contributed by atoms with E-state index in [1.807, 2.05) is 42.5 Å². The highest BCUT2D eigenvalue weighted by Gasteiger charge is 2.22. The molecule has 25 heavy (non-hydrogen) atoms. The van der Waals surface area contributed by atoms with Crippen molar-refractivity contribution in [2.24, 2.45) is 0 Å². The van der Waals surface area contributed by atoms with Crippen molar-refractivity contribution >= 4 is 20.6 Å². The van der Waals surface area contributed by atoms with Gasteiger partial charge in [-0.25, -0.2) is 13.4 Å². The Hall–Kier alpha value is -2.28. The third kappa shape index (κ3) is 3.71. The third-order valence-corrected chi connectivity index (χ3v) is 4.91. The summed E-state index contributed by atoms with van der Waals surface area (Å²) >= 11 is 0. The Kier molecular flexibility index (Phi) is 4.36. The van der Waals surface area contributed by atoms with Crippen molar-refractivity contribution in [1.29, 1.82) is 0 Å². The molecule has 0 spiro atoms. The second-order valence-electron chi connectivity index (χ2n) is 6.65. The van der Waals surface area contributed by atoms with Crippen molar-refractivity contribution in [2.45, 2.75) is 11.6 Å². The molecular weight excluding hydrogens is 336 g/mol. The first kappa shape index (κ1) is 17.5. The fraction of sp³-hybridized carbons (Fsp3) is 0.211. The van der Waals surface area contributed by atoms with Gasteiger partial charge in [0.25, 0.3) is 0 Å². The quantitative estimate of drug-likeness (QED) is 0.531. The normalized spacial score (nSPS) is 12.5. The average Bonchev–Trinajstić information content (AvgIpc) is 2.52. The van der Waals surface area contributed by atoms with Gasteiger partial charge in [-0.1, -0.05) is 54.6 Å². The molecule has 0 saturated carbocycles. The zero-order valence-electron chi connectivity index (χ0n) is 14.4. The number of hydrogen-bond acceptors (Lipinski definition) is 4. The molecule has 6 heteroatoms. The lowest BCUT2D eigenvalue weighted by atomic mass is 9.97. The lowest BCUT2D eigenvalue weighted by molar-refractivity contribution is -0.854. The van der Waals surface area contributed by atoms with Crippen molar-refractivity contribution in [3.63, 3.8) is 0 Å². The summed E-state index contributed by atoms with van der Waals surface area (Å²) in [6.45, 7) is 0.0809. The molecule has 0 amide bonds. The van der Waals surface area contributed by atoms with Gasteiger partial charge in [-0.3, -0.25) is 0 Å². The third-order valence-electron chi connectivity index (χ3n) is 3.90. The Morgan fingerprint density at radius 1 is 0.960 bits per heavy atom. The number of sulfone groups is 1. The minimum Gasteiger partial charge on any atom is -0.633 e. The number of hydrogen-bond donors (Lipinski definition) is 0. The van der Waals surface area contributed by atoms with Gasteiger partial charge in [0.15, 0.2) is 14.9 Å². The van der Waals surface area contributed by atoms with Gasteiger partial charge in [0.05, 0.1) is 14.1 Å². The predicted octanol–water partition coefficient (Wildman–Crippen LogP) is 3.38. The molecule has 2 aromatic carbocycles. The molecular formula is C19H20N2O3S. The highest BCUT2D eigenvalue weighted by Crippen LogP contribution is 2.35. The summed E-state index contributed by atoms with van der Waals surface area (Å²) in [5.41, 5.74) is 2.21. The van der Waals surface area contributed by atoms with E-state index < -0.39 is 14.5 Å². The Morgan fingerprint density at radius 2 is 1.52 bits per heavy atom. The van der Waals surface area contributed by atoms with E-state index in [1.54, 1.807) is 12.1 Å². The molecule has 0 radical (unpaired) electrons. The molecule has 5 nitrogen and oxygen atoms in total. The maximum Gasteiger partial charge on any atom is 0.193 e. The van der Waals surface area contributed by atoms with Gasteiger partial charge in [0.2, 0.25) is 0 Å². The van der Waals surface area contributed by atoms with E-state index in [9.17, 15) is 13.6 Å². The van der Waals surface area contributed by atoms with E-state index >= 15 is 0 Å². The molecule has 0 fully saturated rings. The van der Waals surface area contributed by atoms with Crippen LogP contribution < -0.4 is 0 Å². The summed E-state index contributed by atoms with van der Waals surface area (Å²) in [6.07, 6.45) is 1.14. The fourth-order valence-electron chi connectivity index (χ4n) is 2.97. The van der Waals surface area contributed by atoms with Crippen LogP contribution in [-0.2, 0) is 16.4 Å². The first-order valence-corrected chi connectivity index (χ1v) is 9.77. The van der Waals surface area contributed by atoms with E-state index in [-0.39, 0.29) is 11.6 Å². The molecule has 0 aliphatic heterocycles. The van der Waals surface area contributed by atoms with Crippen LogP contribution in [0.1, 0.15) is 5.69 Å². The zero-order chi connectivity index (χ0) is 18.2. The second-order valence-corrected chi connectivity index (χ2v) is 8.59. The van der Waals surface area contributed by atoms with Crippen molar-refractivity contribution in [3.05, 3.63) is 65.5 Å². The Balaban J connectivity index is 2.45. The minimum atomic E-state index is -3.53. The summed E-state index contributed by atoms with van der Waals surface area (Å²) in [7, 11) is -0.487. The van der Waals surface area contributed by atoms with Crippen LogP contribution in [0, 0.1) is 5.21 Å². The largest absolute Gasteiger partial charge is 0.633 e. The van der Waals surface area contributed by atoms with Crippen LogP contribution in [0.3, 0.4) is 0 Å². The molecule has 1 heterocycles. The van der Waals surface area contributed by atoms with E-state index in [1.165, 1.54) is 14.1 Å². The van der Waals surface area contributed by atoms with Gasteiger partial charge in [0.1, 0.15) is 12.2 Å². The number of fused-ring (bicyclic) bond motifs is 1. The number of nitrogens with zero attached hydrogens (tertiary/aromatic N) is 2. The number of quaternary nitrogens is 1. The van der Waals surface area contributed by atoms with Crippen LogP contribution in [0.15, 0.2) is 59.6 Å². The first-order valence-electron chi connectivity index (χ1n) is 7.88. The van der Waals surface area contributed by atoms with Crippen molar-refractivity contribution < 1.29 is 13.1 Å². The minimum absolute atomic E-state index is 0.0197. The van der Waals surface area contributed by atoms with Gasteiger partial charge in [-0.05, 0) is 10.9 Å². The number of rotatable bonds is 4. The van der Waals surface area contributed by atoms with Crippen LogP contribution in [0.4, 0.5) is 0 Å². The van der Waals surface area contributed by atoms with Crippen molar-refractivity contribution in [1.82, 2.24) is 4.98 Å². The standard InChI is InChI=1S/C19H20N2O3S/c1-21(2,22)13-17-18(14-9-5-4-6-10-14)15-11-7-8-12-16(15)19(20-17)25(3,23)24/h4-12H,13H2,1-3H3. The summed E-state index contributed by atoms with van der Waals surface area (Å²) in [5, 5.41) is 13.7. The van der Waals surface area contributed by atoms with Gasteiger partial charge in [-0.15, -0.1) is 0 Å². The zero-order valence-corrected chi connectivity index (χ0v) is 15.2. The lowest BCUT2D eigenvalue weighted by Crippen LogP contribution is -2.32. The predicted molar refractivity (Wildman–Crippen MR) is 99.5 cm³/mol. The van der Waals surface area contributed by atoms with Crippen LogP contribution in [0.5, 0.6) is 0 Å². The number of benzene rings is 2. The van der Waals surface area contributed by atoms with E-state index in [2.05, 4.69) is 4.98 Å². The maximum atomic E-state index is 12.3. The second kappa shape index (κ2) is 6.22. The van der Waals surface area contributed by atoms with E-state index in [0.29, 0.717) is 11.1 Å². The van der Waals surface area contributed by atoms with E-state index in [4.69, 9.17) is 0 Å². The molecule has 1 aromatic heterocycles. The monoisotopic (exact) mass is 356 g/mol. The molecule has 0 saturated heterocycles. The van der Waals surface area contributed by atoms with E-state index in [0.717, 1.165) is 22.8 Å². The van der Waals surface area contributed by atoms with Gasteiger partial charge >= 0.3 is 0 Å². The summed E-state index contributed by atoms with van der Waals surface area (Å²) < 4.78 is 23.9. The Morgan fingerprint density at radius 3 is 2.08 bits per heavy atom. The molecule has 0 aliphatic rings. The van der Waals surface area contributed by atoms with Gasteiger partial charge in [-0.2, -0.15) is 0 Å². The van der Waals surface area contributed by atoms with Gasteiger partial charge in [0, 0.05) is 17.2 Å². The summed E-state index contributed by atoms with van der Waals surface area (Å²) in [5.74, 6) is 0.